The van der Waals surface area contributed by atoms with E-state index >= 15 is 0 Å². The molecular weight excluding hydrogens is 332 g/mol. The third-order valence-corrected chi connectivity index (χ3v) is 4.75. The highest BCUT2D eigenvalue weighted by Gasteiger charge is 2.39. The maximum Gasteiger partial charge on any atom is 0.329 e. The Morgan fingerprint density at radius 2 is 1.85 bits per heavy atom. The van der Waals surface area contributed by atoms with Crippen molar-refractivity contribution in [2.24, 2.45) is 0 Å². The highest BCUT2D eigenvalue weighted by Crippen LogP contribution is 2.30. The number of imide groups is 1. The summed E-state index contributed by atoms with van der Waals surface area (Å²) in [6.07, 6.45) is 6.76. The molecule has 1 saturated heterocycles. The summed E-state index contributed by atoms with van der Waals surface area (Å²) in [5, 5.41) is 2.72. The highest BCUT2D eigenvalue weighted by molar-refractivity contribution is 6.14. The van der Waals surface area contributed by atoms with Gasteiger partial charge in [-0.2, -0.15) is 0 Å². The zero-order valence-electron chi connectivity index (χ0n) is 15.4. The summed E-state index contributed by atoms with van der Waals surface area (Å²) in [5.74, 6) is 1.09. The van der Waals surface area contributed by atoms with Crippen LogP contribution in [0.3, 0.4) is 0 Å². The number of nitrogens with zero attached hydrogens (tertiary/aromatic N) is 1. The lowest BCUT2D eigenvalue weighted by atomic mass is 9.94. The quantitative estimate of drug-likeness (QED) is 0.622. The van der Waals surface area contributed by atoms with Gasteiger partial charge in [-0.25, -0.2) is 4.79 Å². The van der Waals surface area contributed by atoms with E-state index < -0.39 is 0 Å². The number of hydrogen-bond acceptors (Lipinski definition) is 4. The van der Waals surface area contributed by atoms with Crippen LogP contribution in [-0.4, -0.2) is 36.1 Å². The van der Waals surface area contributed by atoms with E-state index in [0.29, 0.717) is 30.4 Å². The van der Waals surface area contributed by atoms with Crippen LogP contribution in [0.25, 0.3) is 6.08 Å². The molecule has 3 rings (SSSR count). The molecule has 1 aromatic carbocycles. The third kappa shape index (κ3) is 3.84. The number of amides is 3. The van der Waals surface area contributed by atoms with Gasteiger partial charge in [0.15, 0.2) is 0 Å². The Labute approximate surface area is 154 Å². The molecule has 140 valence electrons. The fourth-order valence-corrected chi connectivity index (χ4v) is 3.55. The van der Waals surface area contributed by atoms with Crippen LogP contribution in [-0.2, 0) is 4.79 Å². The van der Waals surface area contributed by atoms with Crippen LogP contribution in [0.2, 0.25) is 0 Å². The van der Waals surface area contributed by atoms with Crippen LogP contribution in [0.15, 0.2) is 23.9 Å². The van der Waals surface area contributed by atoms with Gasteiger partial charge < -0.3 is 14.8 Å². The van der Waals surface area contributed by atoms with Crippen LogP contribution in [0, 0.1) is 0 Å². The van der Waals surface area contributed by atoms with Crippen molar-refractivity contribution in [3.8, 4) is 11.5 Å². The van der Waals surface area contributed by atoms with Crippen molar-refractivity contribution in [3.63, 3.8) is 0 Å². The van der Waals surface area contributed by atoms with Gasteiger partial charge in [0.2, 0.25) is 0 Å². The van der Waals surface area contributed by atoms with Gasteiger partial charge in [-0.15, -0.1) is 0 Å². The summed E-state index contributed by atoms with van der Waals surface area (Å²) in [6, 6.07) is 5.16. The largest absolute Gasteiger partial charge is 0.494 e. The van der Waals surface area contributed by atoms with Crippen molar-refractivity contribution in [1.82, 2.24) is 10.2 Å². The average molecular weight is 358 g/mol. The van der Waals surface area contributed by atoms with E-state index in [-0.39, 0.29) is 18.0 Å². The van der Waals surface area contributed by atoms with Crippen LogP contribution in [0.5, 0.6) is 11.5 Å². The second-order valence-corrected chi connectivity index (χ2v) is 6.52. The van der Waals surface area contributed by atoms with E-state index in [0.717, 1.165) is 31.2 Å². The number of carbonyl (C=O) groups is 2. The van der Waals surface area contributed by atoms with E-state index in [1.165, 1.54) is 11.3 Å². The number of hydrogen-bond donors (Lipinski definition) is 1. The minimum atomic E-state index is -0.322. The van der Waals surface area contributed by atoms with E-state index in [9.17, 15) is 9.59 Å². The third-order valence-electron chi connectivity index (χ3n) is 4.75. The number of benzene rings is 1. The average Bonchev–Trinajstić information content (AvgIpc) is 2.92. The topological polar surface area (TPSA) is 67.9 Å². The fourth-order valence-electron chi connectivity index (χ4n) is 3.55. The number of rotatable bonds is 6. The molecule has 0 spiro atoms. The standard InChI is InChI=1S/C20H26N2O4/c1-3-25-16-11-10-14(18(13-16)26-4-2)12-17-19(23)22(20(24)21-17)15-8-6-5-7-9-15/h10-13,15H,3-9H2,1-2H3,(H,21,24)/b17-12-. The van der Waals surface area contributed by atoms with E-state index in [4.69, 9.17) is 9.47 Å². The van der Waals surface area contributed by atoms with Gasteiger partial charge in [-0.3, -0.25) is 9.69 Å². The molecular formula is C20H26N2O4. The maximum absolute atomic E-state index is 12.8. The lowest BCUT2D eigenvalue weighted by Crippen LogP contribution is -2.41. The van der Waals surface area contributed by atoms with Crippen molar-refractivity contribution in [2.45, 2.75) is 52.0 Å². The predicted octanol–water partition coefficient (Wildman–Crippen LogP) is 3.71. The second-order valence-electron chi connectivity index (χ2n) is 6.52. The van der Waals surface area contributed by atoms with Crippen molar-refractivity contribution < 1.29 is 19.1 Å². The molecule has 0 bridgehead atoms. The number of carbonyl (C=O) groups excluding carboxylic acids is 2. The fraction of sp³-hybridized carbons (Fsp3) is 0.500. The van der Waals surface area contributed by atoms with Crippen molar-refractivity contribution in [1.29, 1.82) is 0 Å². The SMILES string of the molecule is CCOc1ccc(/C=C2\NC(=O)N(C3CCCCC3)C2=O)c(OCC)c1. The van der Waals surface area contributed by atoms with Gasteiger partial charge in [-0.05, 0) is 44.9 Å². The van der Waals surface area contributed by atoms with Crippen LogP contribution >= 0.6 is 0 Å². The summed E-state index contributed by atoms with van der Waals surface area (Å²) < 4.78 is 11.2. The predicted molar refractivity (Wildman–Crippen MR) is 99.0 cm³/mol. The van der Waals surface area contributed by atoms with Crippen LogP contribution in [0.4, 0.5) is 4.79 Å². The molecule has 1 heterocycles. The van der Waals surface area contributed by atoms with Crippen molar-refractivity contribution >= 4 is 18.0 Å². The molecule has 1 aromatic rings. The molecule has 0 atom stereocenters. The Morgan fingerprint density at radius 3 is 2.54 bits per heavy atom. The Kier molecular flexibility index (Phi) is 5.81. The molecule has 0 aromatic heterocycles. The molecule has 2 aliphatic rings. The van der Waals surface area contributed by atoms with E-state index in [1.807, 2.05) is 26.0 Å². The zero-order valence-corrected chi connectivity index (χ0v) is 15.4. The smallest absolute Gasteiger partial charge is 0.329 e. The first-order valence-corrected chi connectivity index (χ1v) is 9.40. The van der Waals surface area contributed by atoms with Gasteiger partial charge in [-0.1, -0.05) is 19.3 Å². The van der Waals surface area contributed by atoms with E-state index in [1.54, 1.807) is 12.1 Å². The molecule has 0 radical (unpaired) electrons. The van der Waals surface area contributed by atoms with Crippen LogP contribution < -0.4 is 14.8 Å². The van der Waals surface area contributed by atoms with Crippen molar-refractivity contribution in [2.75, 3.05) is 13.2 Å². The molecule has 3 amide bonds. The highest BCUT2D eigenvalue weighted by atomic mass is 16.5. The molecule has 1 aliphatic heterocycles. The first-order chi connectivity index (χ1) is 12.6. The van der Waals surface area contributed by atoms with Crippen molar-refractivity contribution in [3.05, 3.63) is 29.5 Å². The molecule has 6 nitrogen and oxygen atoms in total. The lowest BCUT2D eigenvalue weighted by Gasteiger charge is -2.28. The molecule has 1 aliphatic carbocycles. The lowest BCUT2D eigenvalue weighted by molar-refractivity contribution is -0.124. The summed E-state index contributed by atoms with van der Waals surface area (Å²) >= 11 is 0. The Hall–Kier alpha value is -2.50. The monoisotopic (exact) mass is 358 g/mol. The Bertz CT molecular complexity index is 708. The first kappa shape index (κ1) is 18.3. The normalized spacial score (nSPS) is 19.8. The second kappa shape index (κ2) is 8.25. The molecule has 2 fully saturated rings. The summed E-state index contributed by atoms with van der Waals surface area (Å²) in [4.78, 5) is 26.5. The summed E-state index contributed by atoms with van der Waals surface area (Å²) in [5.41, 5.74) is 1.04. The molecule has 1 saturated carbocycles. The summed E-state index contributed by atoms with van der Waals surface area (Å²) in [6.45, 7) is 4.89. The minimum absolute atomic E-state index is 0.00819. The summed E-state index contributed by atoms with van der Waals surface area (Å²) in [7, 11) is 0. The molecule has 1 N–H and O–H groups in total. The minimum Gasteiger partial charge on any atom is -0.494 e. The Balaban J connectivity index is 1.85. The molecule has 26 heavy (non-hydrogen) atoms. The molecule has 6 heteroatoms. The van der Waals surface area contributed by atoms with Gasteiger partial charge in [0.1, 0.15) is 17.2 Å². The molecule has 0 unspecified atom stereocenters. The van der Waals surface area contributed by atoms with Crippen LogP contribution in [0.1, 0.15) is 51.5 Å². The first-order valence-electron chi connectivity index (χ1n) is 9.40. The van der Waals surface area contributed by atoms with Gasteiger partial charge in [0.05, 0.1) is 13.2 Å². The van der Waals surface area contributed by atoms with Gasteiger partial charge in [0.25, 0.3) is 5.91 Å². The zero-order chi connectivity index (χ0) is 18.5. The maximum atomic E-state index is 12.8. The number of ether oxygens (including phenoxy) is 2. The van der Waals surface area contributed by atoms with E-state index in [2.05, 4.69) is 5.32 Å². The van der Waals surface area contributed by atoms with Gasteiger partial charge in [0, 0.05) is 17.7 Å². The number of nitrogens with one attached hydrogen (secondary N) is 1. The Morgan fingerprint density at radius 1 is 1.12 bits per heavy atom. The number of urea groups is 1. The van der Waals surface area contributed by atoms with Gasteiger partial charge >= 0.3 is 6.03 Å².